The van der Waals surface area contributed by atoms with Gasteiger partial charge in [0, 0.05) is 11.1 Å². The molecule has 1 atom stereocenters. The Kier molecular flexibility index (Phi) is 6.38. The van der Waals surface area contributed by atoms with E-state index < -0.39 is 0 Å². The first kappa shape index (κ1) is 16.6. The molecule has 0 aliphatic heterocycles. The van der Waals surface area contributed by atoms with Crippen molar-refractivity contribution >= 4 is 34.8 Å². The van der Waals surface area contributed by atoms with Gasteiger partial charge in [-0.1, -0.05) is 66.0 Å². The van der Waals surface area contributed by atoms with Crippen LogP contribution in [0.2, 0.25) is 15.1 Å². The van der Waals surface area contributed by atoms with Crippen molar-refractivity contribution in [2.24, 2.45) is 0 Å². The monoisotopic (exact) mass is 341 g/mol. The Balaban J connectivity index is 2.25. The molecule has 0 aliphatic rings. The van der Waals surface area contributed by atoms with Crippen LogP contribution >= 0.6 is 34.8 Å². The van der Waals surface area contributed by atoms with E-state index in [9.17, 15) is 0 Å². The first-order chi connectivity index (χ1) is 10.1. The second-order valence-corrected chi connectivity index (χ2v) is 6.20. The Morgan fingerprint density at radius 1 is 1.00 bits per heavy atom. The molecule has 1 N–H and O–H groups in total. The maximum atomic E-state index is 6.37. The summed E-state index contributed by atoms with van der Waals surface area (Å²) in [5.74, 6) is 0. The summed E-state index contributed by atoms with van der Waals surface area (Å²) in [6.45, 7) is 3.08. The molecule has 0 saturated heterocycles. The minimum Gasteiger partial charge on any atom is -0.310 e. The van der Waals surface area contributed by atoms with E-state index in [4.69, 9.17) is 34.8 Å². The van der Waals surface area contributed by atoms with Gasteiger partial charge in [-0.25, -0.2) is 0 Å². The molecule has 0 spiro atoms. The molecule has 2 aromatic carbocycles. The number of nitrogens with one attached hydrogen (secondary N) is 1. The molecule has 1 unspecified atom stereocenters. The second-order valence-electron chi connectivity index (χ2n) is 4.98. The fourth-order valence-corrected chi connectivity index (χ4v) is 2.82. The van der Waals surface area contributed by atoms with Gasteiger partial charge in [-0.3, -0.25) is 0 Å². The normalized spacial score (nSPS) is 12.4. The SMILES string of the molecule is CCCNC(Cc1ccc(Cl)cc1)c1cccc(Cl)c1Cl. The minimum atomic E-state index is 0.136. The topological polar surface area (TPSA) is 12.0 Å². The third kappa shape index (κ3) is 4.62. The number of hydrogen-bond donors (Lipinski definition) is 1. The third-order valence-corrected chi connectivity index (χ3v) is 4.44. The molecule has 2 aromatic rings. The van der Waals surface area contributed by atoms with Gasteiger partial charge >= 0.3 is 0 Å². The molecule has 1 nitrogen and oxygen atoms in total. The van der Waals surface area contributed by atoms with Crippen LogP contribution in [0.4, 0.5) is 0 Å². The van der Waals surface area contributed by atoms with Gasteiger partial charge in [-0.15, -0.1) is 0 Å². The van der Waals surface area contributed by atoms with Gasteiger partial charge in [-0.2, -0.15) is 0 Å². The minimum absolute atomic E-state index is 0.136. The molecule has 0 fully saturated rings. The van der Waals surface area contributed by atoms with E-state index in [1.165, 1.54) is 5.56 Å². The lowest BCUT2D eigenvalue weighted by Crippen LogP contribution is -2.24. The number of benzene rings is 2. The molecule has 21 heavy (non-hydrogen) atoms. The molecule has 0 aliphatic carbocycles. The van der Waals surface area contributed by atoms with Crippen molar-refractivity contribution in [3.05, 3.63) is 68.7 Å². The Bertz CT molecular complexity index is 581. The van der Waals surface area contributed by atoms with Gasteiger partial charge in [0.15, 0.2) is 0 Å². The summed E-state index contributed by atoms with van der Waals surface area (Å²) in [6.07, 6.45) is 1.91. The Hall–Kier alpha value is -0.730. The molecular weight excluding hydrogens is 325 g/mol. The van der Waals surface area contributed by atoms with Crippen LogP contribution < -0.4 is 5.32 Å². The van der Waals surface area contributed by atoms with Crippen LogP contribution in [0.25, 0.3) is 0 Å². The van der Waals surface area contributed by atoms with E-state index in [1.807, 2.05) is 42.5 Å². The van der Waals surface area contributed by atoms with Crippen molar-refractivity contribution in [3.63, 3.8) is 0 Å². The molecule has 0 heterocycles. The molecule has 2 rings (SSSR count). The summed E-state index contributed by atoms with van der Waals surface area (Å²) in [5.41, 5.74) is 2.25. The highest BCUT2D eigenvalue weighted by Gasteiger charge is 2.16. The van der Waals surface area contributed by atoms with Crippen LogP contribution in [0.1, 0.15) is 30.5 Å². The highest BCUT2D eigenvalue weighted by atomic mass is 35.5. The van der Waals surface area contributed by atoms with Crippen LogP contribution in [-0.2, 0) is 6.42 Å². The van der Waals surface area contributed by atoms with Crippen molar-refractivity contribution in [1.82, 2.24) is 5.32 Å². The van der Waals surface area contributed by atoms with Crippen LogP contribution in [0.5, 0.6) is 0 Å². The summed E-state index contributed by atoms with van der Waals surface area (Å²) in [6, 6.07) is 13.8. The smallest absolute Gasteiger partial charge is 0.0640 e. The van der Waals surface area contributed by atoms with Gasteiger partial charge < -0.3 is 5.32 Å². The van der Waals surface area contributed by atoms with Crippen molar-refractivity contribution in [2.45, 2.75) is 25.8 Å². The quantitative estimate of drug-likeness (QED) is 0.686. The second kappa shape index (κ2) is 8.05. The number of hydrogen-bond acceptors (Lipinski definition) is 1. The Morgan fingerprint density at radius 3 is 2.38 bits per heavy atom. The highest BCUT2D eigenvalue weighted by Crippen LogP contribution is 2.31. The summed E-state index contributed by atoms with van der Waals surface area (Å²) in [5, 5.41) is 5.51. The molecule has 0 radical (unpaired) electrons. The van der Waals surface area contributed by atoms with E-state index in [2.05, 4.69) is 12.2 Å². The fraction of sp³-hybridized carbons (Fsp3) is 0.294. The summed E-state index contributed by atoms with van der Waals surface area (Å²) >= 11 is 18.4. The van der Waals surface area contributed by atoms with E-state index in [-0.39, 0.29) is 6.04 Å². The van der Waals surface area contributed by atoms with Crippen LogP contribution in [-0.4, -0.2) is 6.54 Å². The van der Waals surface area contributed by atoms with Crippen LogP contribution in [0.15, 0.2) is 42.5 Å². The zero-order valence-corrected chi connectivity index (χ0v) is 14.1. The largest absolute Gasteiger partial charge is 0.310 e. The summed E-state index contributed by atoms with van der Waals surface area (Å²) < 4.78 is 0. The van der Waals surface area contributed by atoms with E-state index in [1.54, 1.807) is 0 Å². The van der Waals surface area contributed by atoms with Crippen molar-refractivity contribution in [2.75, 3.05) is 6.54 Å². The fourth-order valence-electron chi connectivity index (χ4n) is 2.26. The zero-order chi connectivity index (χ0) is 15.2. The van der Waals surface area contributed by atoms with Gasteiger partial charge in [0.2, 0.25) is 0 Å². The van der Waals surface area contributed by atoms with Crippen LogP contribution in [0, 0.1) is 0 Å². The number of rotatable bonds is 6. The average molecular weight is 343 g/mol. The van der Waals surface area contributed by atoms with Crippen molar-refractivity contribution in [3.8, 4) is 0 Å². The predicted octanol–water partition coefficient (Wildman–Crippen LogP) is 5.93. The Morgan fingerprint density at radius 2 is 1.71 bits per heavy atom. The van der Waals surface area contributed by atoms with Crippen molar-refractivity contribution < 1.29 is 0 Å². The lowest BCUT2D eigenvalue weighted by atomic mass is 9.98. The van der Waals surface area contributed by atoms with Gasteiger partial charge in [0.05, 0.1) is 10.0 Å². The van der Waals surface area contributed by atoms with Gasteiger partial charge in [0.1, 0.15) is 0 Å². The predicted molar refractivity (Wildman–Crippen MR) is 92.7 cm³/mol. The molecule has 112 valence electrons. The molecular formula is C17H18Cl3N. The molecule has 0 saturated carbocycles. The van der Waals surface area contributed by atoms with Gasteiger partial charge in [0.25, 0.3) is 0 Å². The van der Waals surface area contributed by atoms with E-state index >= 15 is 0 Å². The molecule has 0 bridgehead atoms. The maximum absolute atomic E-state index is 6.37. The third-order valence-electron chi connectivity index (χ3n) is 3.35. The standard InChI is InChI=1S/C17H18Cl3N/c1-2-10-21-16(11-12-6-8-13(18)9-7-12)14-4-3-5-15(19)17(14)20/h3-9,16,21H,2,10-11H2,1H3. The Labute approximate surface area is 141 Å². The maximum Gasteiger partial charge on any atom is 0.0640 e. The lowest BCUT2D eigenvalue weighted by molar-refractivity contribution is 0.529. The molecule has 4 heteroatoms. The van der Waals surface area contributed by atoms with E-state index in [0.29, 0.717) is 10.0 Å². The van der Waals surface area contributed by atoms with Crippen LogP contribution in [0.3, 0.4) is 0 Å². The average Bonchev–Trinajstić information content (AvgIpc) is 2.48. The number of halogens is 3. The molecule has 0 amide bonds. The molecule has 0 aromatic heterocycles. The van der Waals surface area contributed by atoms with Crippen molar-refractivity contribution in [1.29, 1.82) is 0 Å². The first-order valence-corrected chi connectivity index (χ1v) is 8.17. The lowest BCUT2D eigenvalue weighted by Gasteiger charge is -2.21. The zero-order valence-electron chi connectivity index (χ0n) is 11.9. The van der Waals surface area contributed by atoms with Gasteiger partial charge in [-0.05, 0) is 48.7 Å². The summed E-state index contributed by atoms with van der Waals surface area (Å²) in [4.78, 5) is 0. The highest BCUT2D eigenvalue weighted by molar-refractivity contribution is 6.42. The first-order valence-electron chi connectivity index (χ1n) is 7.03. The summed E-state index contributed by atoms with van der Waals surface area (Å²) in [7, 11) is 0. The van der Waals surface area contributed by atoms with E-state index in [0.717, 1.165) is 30.0 Å².